The van der Waals surface area contributed by atoms with E-state index in [4.69, 9.17) is 25.5 Å². The topological polar surface area (TPSA) is 63.9 Å². The fourth-order valence-corrected chi connectivity index (χ4v) is 2.45. The summed E-state index contributed by atoms with van der Waals surface area (Å²) in [5, 5.41) is 13.8. The zero-order valence-corrected chi connectivity index (χ0v) is 13.6. The van der Waals surface area contributed by atoms with Crippen molar-refractivity contribution in [2.75, 3.05) is 20.8 Å². The van der Waals surface area contributed by atoms with Crippen molar-refractivity contribution < 1.29 is 19.0 Å². The third-order valence-corrected chi connectivity index (χ3v) is 3.76. The van der Waals surface area contributed by atoms with Crippen LogP contribution in [0.3, 0.4) is 0 Å². The van der Waals surface area contributed by atoms with Crippen LogP contribution in [0, 0.1) is 0 Å². The van der Waals surface area contributed by atoms with Crippen LogP contribution >= 0.6 is 11.6 Å². The van der Waals surface area contributed by atoms with Crippen LogP contribution in [-0.4, -0.2) is 25.9 Å². The number of halogens is 1. The molecule has 0 saturated heterocycles. The number of aliphatic hydroxyl groups is 1. The first-order chi connectivity index (χ1) is 10.6. The van der Waals surface area contributed by atoms with Gasteiger partial charge < -0.3 is 24.3 Å². The third-order valence-electron chi connectivity index (χ3n) is 3.46. The highest BCUT2D eigenvalue weighted by Crippen LogP contribution is 2.35. The van der Waals surface area contributed by atoms with Crippen molar-refractivity contribution in [1.29, 1.82) is 0 Å². The molecule has 2 aromatic rings. The maximum Gasteiger partial charge on any atom is 0.141 e. The Hall–Kier alpha value is -1.69. The summed E-state index contributed by atoms with van der Waals surface area (Å²) in [7, 11) is 3.15. The lowest BCUT2D eigenvalue weighted by Gasteiger charge is -2.20. The van der Waals surface area contributed by atoms with Crippen LogP contribution in [0.15, 0.2) is 34.9 Å². The molecule has 120 valence electrons. The Labute approximate surface area is 134 Å². The van der Waals surface area contributed by atoms with Gasteiger partial charge in [0.2, 0.25) is 0 Å². The highest BCUT2D eigenvalue weighted by molar-refractivity contribution is 6.32. The Morgan fingerprint density at radius 2 is 2.00 bits per heavy atom. The van der Waals surface area contributed by atoms with Crippen LogP contribution in [0.4, 0.5) is 0 Å². The van der Waals surface area contributed by atoms with E-state index in [1.165, 1.54) is 6.26 Å². The Morgan fingerprint density at radius 3 is 2.59 bits per heavy atom. The van der Waals surface area contributed by atoms with E-state index in [1.54, 1.807) is 38.5 Å². The summed E-state index contributed by atoms with van der Waals surface area (Å²) in [5.74, 6) is 1.76. The van der Waals surface area contributed by atoms with Crippen molar-refractivity contribution in [3.05, 3.63) is 46.9 Å². The predicted octanol–water partition coefficient (Wildman–Crippen LogP) is 3.33. The molecule has 0 aliphatic heterocycles. The molecule has 0 aliphatic rings. The fourth-order valence-electron chi connectivity index (χ4n) is 2.20. The molecule has 0 aliphatic carbocycles. The van der Waals surface area contributed by atoms with E-state index >= 15 is 0 Å². The minimum Gasteiger partial charge on any atom is -0.496 e. The first-order valence-electron chi connectivity index (χ1n) is 6.93. The summed E-state index contributed by atoms with van der Waals surface area (Å²) in [6.45, 7) is 2.32. The van der Waals surface area contributed by atoms with Crippen LogP contribution in [-0.2, 0) is 0 Å². The van der Waals surface area contributed by atoms with Gasteiger partial charge in [-0.05, 0) is 25.1 Å². The van der Waals surface area contributed by atoms with E-state index < -0.39 is 6.10 Å². The Balaban J connectivity index is 2.08. The van der Waals surface area contributed by atoms with E-state index in [0.29, 0.717) is 28.8 Å². The van der Waals surface area contributed by atoms with Gasteiger partial charge in [0.15, 0.2) is 0 Å². The van der Waals surface area contributed by atoms with Gasteiger partial charge in [0.1, 0.15) is 23.4 Å². The normalized spacial score (nSPS) is 13.7. The molecule has 5 nitrogen and oxygen atoms in total. The van der Waals surface area contributed by atoms with Crippen molar-refractivity contribution in [1.82, 2.24) is 5.32 Å². The molecular weight excluding hydrogens is 306 g/mol. The third kappa shape index (κ3) is 3.74. The molecule has 0 spiro atoms. The van der Waals surface area contributed by atoms with E-state index in [-0.39, 0.29) is 6.04 Å². The maximum atomic E-state index is 10.0. The van der Waals surface area contributed by atoms with Gasteiger partial charge >= 0.3 is 0 Å². The number of ether oxygens (including phenoxy) is 2. The Bertz CT molecular complexity index is 600. The van der Waals surface area contributed by atoms with E-state index in [1.807, 2.05) is 6.92 Å². The fraction of sp³-hybridized carbons (Fsp3) is 0.375. The van der Waals surface area contributed by atoms with Gasteiger partial charge in [0.05, 0.1) is 25.5 Å². The van der Waals surface area contributed by atoms with Crippen molar-refractivity contribution in [2.45, 2.75) is 19.1 Å². The summed E-state index contributed by atoms with van der Waals surface area (Å²) >= 11 is 6.17. The van der Waals surface area contributed by atoms with Crippen molar-refractivity contribution >= 4 is 11.6 Å². The number of methoxy groups -OCH3 is 2. The number of rotatable bonds is 7. The van der Waals surface area contributed by atoms with Gasteiger partial charge in [0, 0.05) is 24.2 Å². The van der Waals surface area contributed by atoms with Crippen LogP contribution in [0.2, 0.25) is 5.02 Å². The summed E-state index contributed by atoms with van der Waals surface area (Å²) in [5.41, 5.74) is 0.889. The summed E-state index contributed by atoms with van der Waals surface area (Å²) in [6.07, 6.45) is 0.825. The van der Waals surface area contributed by atoms with Gasteiger partial charge in [-0.3, -0.25) is 0 Å². The summed E-state index contributed by atoms with van der Waals surface area (Å²) in [6, 6.07) is 6.97. The Morgan fingerprint density at radius 1 is 1.27 bits per heavy atom. The minimum absolute atomic E-state index is 0.0667. The standard InChI is InChI=1S/C16H20ClNO4/c1-10(18-9-13(19)14-5-4-6-22-14)11-7-12(17)16(21-3)8-15(11)20-2/h4-8,10,13,18-19H,9H2,1-3H3. The molecule has 2 atom stereocenters. The molecule has 0 radical (unpaired) electrons. The van der Waals surface area contributed by atoms with E-state index in [9.17, 15) is 5.11 Å². The van der Waals surface area contributed by atoms with E-state index in [0.717, 1.165) is 5.56 Å². The molecular formula is C16H20ClNO4. The molecule has 0 amide bonds. The second-order valence-electron chi connectivity index (χ2n) is 4.89. The zero-order chi connectivity index (χ0) is 16.1. The minimum atomic E-state index is -0.711. The van der Waals surface area contributed by atoms with Gasteiger partial charge in [-0.1, -0.05) is 11.6 Å². The first kappa shape index (κ1) is 16.7. The number of hydrogen-bond acceptors (Lipinski definition) is 5. The molecule has 0 fully saturated rings. The highest BCUT2D eigenvalue weighted by atomic mass is 35.5. The lowest BCUT2D eigenvalue weighted by molar-refractivity contribution is 0.144. The molecule has 1 aromatic carbocycles. The highest BCUT2D eigenvalue weighted by Gasteiger charge is 2.17. The Kier molecular flexibility index (Phi) is 5.71. The molecule has 1 heterocycles. The van der Waals surface area contributed by atoms with Gasteiger partial charge in [-0.2, -0.15) is 0 Å². The summed E-state index contributed by atoms with van der Waals surface area (Å²) < 4.78 is 15.7. The van der Waals surface area contributed by atoms with Crippen molar-refractivity contribution in [3.8, 4) is 11.5 Å². The number of nitrogens with one attached hydrogen (secondary N) is 1. The number of benzene rings is 1. The molecule has 2 unspecified atom stereocenters. The summed E-state index contributed by atoms with van der Waals surface area (Å²) in [4.78, 5) is 0. The zero-order valence-electron chi connectivity index (χ0n) is 12.8. The smallest absolute Gasteiger partial charge is 0.141 e. The lowest BCUT2D eigenvalue weighted by Crippen LogP contribution is -2.24. The van der Waals surface area contributed by atoms with Crippen LogP contribution in [0.1, 0.15) is 30.4 Å². The van der Waals surface area contributed by atoms with Crippen LogP contribution in [0.5, 0.6) is 11.5 Å². The number of hydrogen-bond donors (Lipinski definition) is 2. The van der Waals surface area contributed by atoms with Crippen molar-refractivity contribution in [2.24, 2.45) is 0 Å². The molecule has 0 bridgehead atoms. The van der Waals surface area contributed by atoms with Gasteiger partial charge in [-0.25, -0.2) is 0 Å². The first-order valence-corrected chi connectivity index (χ1v) is 7.30. The van der Waals surface area contributed by atoms with Crippen LogP contribution < -0.4 is 14.8 Å². The lowest BCUT2D eigenvalue weighted by atomic mass is 10.1. The van der Waals surface area contributed by atoms with Gasteiger partial charge in [0.25, 0.3) is 0 Å². The van der Waals surface area contributed by atoms with Crippen LogP contribution in [0.25, 0.3) is 0 Å². The van der Waals surface area contributed by atoms with E-state index in [2.05, 4.69) is 5.32 Å². The number of aliphatic hydroxyl groups excluding tert-OH is 1. The average molecular weight is 326 g/mol. The molecule has 0 saturated carbocycles. The maximum absolute atomic E-state index is 10.0. The second-order valence-corrected chi connectivity index (χ2v) is 5.30. The number of furan rings is 1. The SMILES string of the molecule is COc1cc(OC)c(C(C)NCC(O)c2ccco2)cc1Cl. The molecule has 6 heteroatoms. The predicted molar refractivity (Wildman–Crippen MR) is 84.6 cm³/mol. The molecule has 22 heavy (non-hydrogen) atoms. The molecule has 1 aromatic heterocycles. The van der Waals surface area contributed by atoms with Gasteiger partial charge in [-0.15, -0.1) is 0 Å². The average Bonchev–Trinajstić information content (AvgIpc) is 3.06. The molecule has 2 N–H and O–H groups in total. The largest absolute Gasteiger partial charge is 0.496 e. The second kappa shape index (κ2) is 7.54. The quantitative estimate of drug-likeness (QED) is 0.817. The van der Waals surface area contributed by atoms with Crippen molar-refractivity contribution in [3.63, 3.8) is 0 Å². The molecule has 2 rings (SSSR count). The monoisotopic (exact) mass is 325 g/mol.